The second-order valence-corrected chi connectivity index (χ2v) is 6.51. The minimum Gasteiger partial charge on any atom is -0.384 e. The zero-order chi connectivity index (χ0) is 14.8. The van der Waals surface area contributed by atoms with Gasteiger partial charge in [0, 0.05) is 55.8 Å². The SMILES string of the molecule is CCn1cc2c(n1)CN(Cc1scnc1C)C[C@H]2COC. The zero-order valence-corrected chi connectivity index (χ0v) is 13.7. The van der Waals surface area contributed by atoms with Gasteiger partial charge in [-0.1, -0.05) is 0 Å². The number of fused-ring (bicyclic) bond motifs is 1. The number of hydrogen-bond donors (Lipinski definition) is 0. The molecular formula is C15H22N4OS. The van der Waals surface area contributed by atoms with E-state index in [0.29, 0.717) is 5.92 Å². The van der Waals surface area contributed by atoms with Crippen molar-refractivity contribution in [3.05, 3.63) is 33.5 Å². The summed E-state index contributed by atoms with van der Waals surface area (Å²) < 4.78 is 7.45. The number of rotatable bonds is 5. The van der Waals surface area contributed by atoms with Gasteiger partial charge in [0.2, 0.25) is 0 Å². The molecule has 1 aliphatic heterocycles. The molecular weight excluding hydrogens is 284 g/mol. The first-order chi connectivity index (χ1) is 10.2. The molecule has 5 nitrogen and oxygen atoms in total. The van der Waals surface area contributed by atoms with E-state index in [1.54, 1.807) is 18.4 Å². The lowest BCUT2D eigenvalue weighted by molar-refractivity contribution is 0.136. The van der Waals surface area contributed by atoms with E-state index >= 15 is 0 Å². The molecule has 0 saturated carbocycles. The molecule has 0 aliphatic carbocycles. The number of methoxy groups -OCH3 is 1. The molecule has 21 heavy (non-hydrogen) atoms. The Balaban J connectivity index is 1.81. The minimum absolute atomic E-state index is 0.410. The summed E-state index contributed by atoms with van der Waals surface area (Å²) in [6, 6.07) is 0. The predicted octanol–water partition coefficient (Wildman–Crippen LogP) is 2.41. The highest BCUT2D eigenvalue weighted by molar-refractivity contribution is 7.09. The van der Waals surface area contributed by atoms with E-state index < -0.39 is 0 Å². The standard InChI is InChI=1S/C15H22N4OS/c1-4-19-6-13-12(9-20-3)5-18(7-14(13)17-19)8-15-11(2)16-10-21-15/h6,10,12H,4-5,7-9H2,1-3H3/t12-/m0/s1. The maximum atomic E-state index is 5.41. The first-order valence-corrected chi connectivity index (χ1v) is 8.25. The van der Waals surface area contributed by atoms with Crippen molar-refractivity contribution >= 4 is 11.3 Å². The summed E-state index contributed by atoms with van der Waals surface area (Å²) in [6.07, 6.45) is 2.19. The molecule has 0 unspecified atom stereocenters. The molecule has 3 rings (SSSR count). The van der Waals surface area contributed by atoms with Crippen molar-refractivity contribution in [2.24, 2.45) is 0 Å². The van der Waals surface area contributed by atoms with Crippen molar-refractivity contribution in [2.75, 3.05) is 20.3 Å². The summed E-state index contributed by atoms with van der Waals surface area (Å²) in [4.78, 5) is 8.16. The van der Waals surface area contributed by atoms with Gasteiger partial charge < -0.3 is 4.74 Å². The molecule has 0 spiro atoms. The van der Waals surface area contributed by atoms with Crippen molar-refractivity contribution in [3.8, 4) is 0 Å². The summed E-state index contributed by atoms with van der Waals surface area (Å²) in [7, 11) is 1.77. The van der Waals surface area contributed by atoms with E-state index in [-0.39, 0.29) is 0 Å². The predicted molar refractivity (Wildman–Crippen MR) is 83.5 cm³/mol. The van der Waals surface area contributed by atoms with Crippen molar-refractivity contribution in [2.45, 2.75) is 39.4 Å². The van der Waals surface area contributed by atoms with Gasteiger partial charge in [-0.25, -0.2) is 4.98 Å². The third-order valence-electron chi connectivity index (χ3n) is 4.07. The molecule has 1 atom stereocenters. The molecule has 2 aromatic rings. The molecule has 1 aliphatic rings. The van der Waals surface area contributed by atoms with Crippen LogP contribution in [0.15, 0.2) is 11.7 Å². The molecule has 0 N–H and O–H groups in total. The van der Waals surface area contributed by atoms with Crippen LogP contribution in [-0.4, -0.2) is 39.9 Å². The molecule has 0 bridgehead atoms. The molecule has 3 heterocycles. The van der Waals surface area contributed by atoms with Crippen molar-refractivity contribution in [1.29, 1.82) is 0 Å². The maximum Gasteiger partial charge on any atom is 0.0801 e. The largest absolute Gasteiger partial charge is 0.384 e. The number of ether oxygens (including phenoxy) is 1. The van der Waals surface area contributed by atoms with Crippen LogP contribution in [0.25, 0.3) is 0 Å². The Morgan fingerprint density at radius 1 is 1.48 bits per heavy atom. The van der Waals surface area contributed by atoms with Crippen LogP contribution in [0, 0.1) is 6.92 Å². The first kappa shape index (κ1) is 14.7. The normalized spacial score (nSPS) is 18.9. The highest BCUT2D eigenvalue weighted by Gasteiger charge is 2.28. The highest BCUT2D eigenvalue weighted by atomic mass is 32.1. The average molecular weight is 306 g/mol. The van der Waals surface area contributed by atoms with E-state index in [1.165, 1.54) is 16.1 Å². The Morgan fingerprint density at radius 3 is 3.00 bits per heavy atom. The fourth-order valence-electron chi connectivity index (χ4n) is 2.93. The van der Waals surface area contributed by atoms with Gasteiger partial charge in [0.15, 0.2) is 0 Å². The summed E-state index contributed by atoms with van der Waals surface area (Å²) >= 11 is 1.74. The van der Waals surface area contributed by atoms with Crippen LogP contribution < -0.4 is 0 Å². The Labute approximate surface area is 129 Å². The highest BCUT2D eigenvalue weighted by Crippen LogP contribution is 2.29. The number of hydrogen-bond acceptors (Lipinski definition) is 5. The van der Waals surface area contributed by atoms with E-state index in [0.717, 1.165) is 38.5 Å². The monoisotopic (exact) mass is 306 g/mol. The summed E-state index contributed by atoms with van der Waals surface area (Å²) in [5, 5.41) is 4.71. The van der Waals surface area contributed by atoms with Crippen LogP contribution in [0.1, 0.15) is 34.7 Å². The van der Waals surface area contributed by atoms with Gasteiger partial charge in [0.05, 0.1) is 23.5 Å². The summed E-state index contributed by atoms with van der Waals surface area (Å²) in [5.41, 5.74) is 5.63. The van der Waals surface area contributed by atoms with Gasteiger partial charge in [0.1, 0.15) is 0 Å². The van der Waals surface area contributed by atoms with E-state index in [2.05, 4.69) is 29.9 Å². The fraction of sp³-hybridized carbons (Fsp3) is 0.600. The first-order valence-electron chi connectivity index (χ1n) is 7.37. The lowest BCUT2D eigenvalue weighted by Gasteiger charge is -2.31. The second-order valence-electron chi connectivity index (χ2n) is 5.57. The van der Waals surface area contributed by atoms with Crippen LogP contribution >= 0.6 is 11.3 Å². The minimum atomic E-state index is 0.410. The molecule has 114 valence electrons. The van der Waals surface area contributed by atoms with Gasteiger partial charge in [-0.15, -0.1) is 11.3 Å². The molecule has 0 aromatic carbocycles. The van der Waals surface area contributed by atoms with Crippen molar-refractivity contribution in [3.63, 3.8) is 0 Å². The number of aromatic nitrogens is 3. The smallest absolute Gasteiger partial charge is 0.0801 e. The Kier molecular flexibility index (Phi) is 4.37. The summed E-state index contributed by atoms with van der Waals surface area (Å²) in [5.74, 6) is 0.410. The zero-order valence-electron chi connectivity index (χ0n) is 12.9. The topological polar surface area (TPSA) is 43.2 Å². The van der Waals surface area contributed by atoms with Crippen molar-refractivity contribution in [1.82, 2.24) is 19.7 Å². The lowest BCUT2D eigenvalue weighted by Crippen LogP contribution is -2.34. The maximum absolute atomic E-state index is 5.41. The van der Waals surface area contributed by atoms with Crippen LogP contribution in [0.2, 0.25) is 0 Å². The third-order valence-corrected chi connectivity index (χ3v) is 4.99. The average Bonchev–Trinajstić information content (AvgIpc) is 3.06. The molecule has 6 heteroatoms. The second kappa shape index (κ2) is 6.25. The Hall–Kier alpha value is -1.24. The summed E-state index contributed by atoms with van der Waals surface area (Å²) in [6.45, 7) is 8.77. The molecule has 0 radical (unpaired) electrons. The van der Waals surface area contributed by atoms with Gasteiger partial charge >= 0.3 is 0 Å². The van der Waals surface area contributed by atoms with Gasteiger partial charge in [-0.3, -0.25) is 9.58 Å². The molecule has 0 amide bonds. The van der Waals surface area contributed by atoms with E-state index in [1.807, 2.05) is 10.2 Å². The van der Waals surface area contributed by atoms with Crippen LogP contribution in [0.5, 0.6) is 0 Å². The quantitative estimate of drug-likeness (QED) is 0.851. The lowest BCUT2D eigenvalue weighted by atomic mass is 9.95. The Bertz CT molecular complexity index is 607. The molecule has 0 fully saturated rings. The van der Waals surface area contributed by atoms with Gasteiger partial charge in [-0.2, -0.15) is 5.10 Å². The number of aryl methyl sites for hydroxylation is 2. The van der Waals surface area contributed by atoms with Crippen molar-refractivity contribution < 1.29 is 4.74 Å². The number of nitrogens with zero attached hydrogens (tertiary/aromatic N) is 4. The molecule has 2 aromatic heterocycles. The molecule has 0 saturated heterocycles. The van der Waals surface area contributed by atoms with E-state index in [9.17, 15) is 0 Å². The third kappa shape index (κ3) is 3.02. The fourth-order valence-corrected chi connectivity index (χ4v) is 3.75. The number of thiazole rings is 1. The van der Waals surface area contributed by atoms with Crippen LogP contribution in [0.4, 0.5) is 0 Å². The van der Waals surface area contributed by atoms with Crippen LogP contribution in [-0.2, 0) is 24.4 Å². The van der Waals surface area contributed by atoms with Gasteiger partial charge in [-0.05, 0) is 13.8 Å². The van der Waals surface area contributed by atoms with E-state index in [4.69, 9.17) is 9.84 Å². The van der Waals surface area contributed by atoms with Crippen LogP contribution in [0.3, 0.4) is 0 Å². The van der Waals surface area contributed by atoms with Gasteiger partial charge in [0.25, 0.3) is 0 Å². The Morgan fingerprint density at radius 2 is 2.33 bits per heavy atom.